The fourth-order valence-corrected chi connectivity index (χ4v) is 1.81. The third-order valence-electron chi connectivity index (χ3n) is 3.04. The van der Waals surface area contributed by atoms with E-state index in [0.29, 0.717) is 11.6 Å². The molecule has 1 amide bonds. The van der Waals surface area contributed by atoms with Gasteiger partial charge < -0.3 is 5.73 Å². The first-order chi connectivity index (χ1) is 7.84. The Morgan fingerprint density at radius 1 is 1.29 bits per heavy atom. The number of nitrogens with two attached hydrogens (primary N) is 1. The Morgan fingerprint density at radius 2 is 1.88 bits per heavy atom. The molecule has 0 aliphatic carbocycles. The van der Waals surface area contributed by atoms with Gasteiger partial charge in [0.1, 0.15) is 0 Å². The van der Waals surface area contributed by atoms with Crippen LogP contribution in [0.25, 0.3) is 0 Å². The van der Waals surface area contributed by atoms with Gasteiger partial charge in [0.05, 0.1) is 23.9 Å². The number of hydrogen-bond donors (Lipinski definition) is 1. The first kappa shape index (κ1) is 13.7. The van der Waals surface area contributed by atoms with Crippen LogP contribution < -0.4 is 5.73 Å². The van der Waals surface area contributed by atoms with Crippen molar-refractivity contribution in [2.75, 3.05) is 0 Å². The van der Waals surface area contributed by atoms with Crippen molar-refractivity contribution in [3.05, 3.63) is 11.4 Å². The van der Waals surface area contributed by atoms with Gasteiger partial charge in [0.15, 0.2) is 0 Å². The lowest BCUT2D eigenvalue weighted by atomic mass is 10.0. The zero-order valence-electron chi connectivity index (χ0n) is 11.3. The fraction of sp³-hybridized carbons (Fsp3) is 0.750. The molecule has 96 valence electrons. The van der Waals surface area contributed by atoms with Crippen molar-refractivity contribution in [1.29, 1.82) is 0 Å². The van der Waals surface area contributed by atoms with Crippen LogP contribution in [0.2, 0.25) is 0 Å². The number of rotatable bonds is 5. The normalized spacial score (nSPS) is 13.4. The molecule has 5 nitrogen and oxygen atoms in total. The molecule has 0 bridgehead atoms. The molecule has 0 radical (unpaired) electrons. The van der Waals surface area contributed by atoms with Crippen LogP contribution in [0.5, 0.6) is 0 Å². The second-order valence-corrected chi connectivity index (χ2v) is 5.15. The van der Waals surface area contributed by atoms with E-state index >= 15 is 0 Å². The van der Waals surface area contributed by atoms with Gasteiger partial charge in [-0.2, -0.15) is 0 Å². The Kier molecular flexibility index (Phi) is 4.26. The van der Waals surface area contributed by atoms with Crippen LogP contribution in [0.1, 0.15) is 58.0 Å². The Hall–Kier alpha value is -1.39. The van der Waals surface area contributed by atoms with Crippen LogP contribution in [0.4, 0.5) is 0 Å². The molecule has 0 saturated carbocycles. The molecule has 1 rings (SSSR count). The summed E-state index contributed by atoms with van der Waals surface area (Å²) in [5.74, 6) is 0.382. The average Bonchev–Trinajstić information content (AvgIpc) is 2.58. The van der Waals surface area contributed by atoms with Crippen LogP contribution in [0.15, 0.2) is 0 Å². The number of carbonyl (C=O) groups excluding carboxylic acids is 1. The van der Waals surface area contributed by atoms with E-state index < -0.39 is 0 Å². The van der Waals surface area contributed by atoms with Gasteiger partial charge in [0.25, 0.3) is 0 Å². The topological polar surface area (TPSA) is 73.8 Å². The number of carbonyl (C=O) groups is 1. The molecular weight excluding hydrogens is 216 g/mol. The van der Waals surface area contributed by atoms with E-state index in [4.69, 9.17) is 5.73 Å². The second-order valence-electron chi connectivity index (χ2n) is 5.15. The van der Waals surface area contributed by atoms with Gasteiger partial charge in [0.2, 0.25) is 5.91 Å². The third-order valence-corrected chi connectivity index (χ3v) is 3.04. The fourth-order valence-electron chi connectivity index (χ4n) is 1.81. The highest BCUT2D eigenvalue weighted by atomic mass is 16.1. The molecule has 0 fully saturated rings. The molecule has 1 aromatic heterocycles. The first-order valence-electron chi connectivity index (χ1n) is 6.06. The third kappa shape index (κ3) is 3.05. The van der Waals surface area contributed by atoms with E-state index in [1.165, 1.54) is 0 Å². The predicted molar refractivity (Wildman–Crippen MR) is 66.6 cm³/mol. The lowest BCUT2D eigenvalue weighted by molar-refractivity contribution is -0.117. The summed E-state index contributed by atoms with van der Waals surface area (Å²) in [6.07, 6.45) is 0.165. The Morgan fingerprint density at radius 3 is 2.29 bits per heavy atom. The maximum atomic E-state index is 11.0. The number of primary amides is 1. The summed E-state index contributed by atoms with van der Waals surface area (Å²) >= 11 is 0. The van der Waals surface area contributed by atoms with Gasteiger partial charge in [-0.1, -0.05) is 32.9 Å². The average molecular weight is 238 g/mol. The van der Waals surface area contributed by atoms with Crippen molar-refractivity contribution in [3.8, 4) is 0 Å². The van der Waals surface area contributed by atoms with Crippen LogP contribution in [-0.2, 0) is 11.2 Å². The van der Waals surface area contributed by atoms with Crippen molar-refractivity contribution < 1.29 is 4.79 Å². The van der Waals surface area contributed by atoms with E-state index in [0.717, 1.165) is 5.69 Å². The number of nitrogens with zero attached hydrogens (tertiary/aromatic N) is 3. The molecule has 1 unspecified atom stereocenters. The van der Waals surface area contributed by atoms with Gasteiger partial charge in [-0.3, -0.25) is 4.79 Å². The Balaban J connectivity index is 3.15. The molecule has 1 aromatic rings. The predicted octanol–water partition coefficient (Wildman–Crippen LogP) is 1.65. The van der Waals surface area contributed by atoms with Crippen molar-refractivity contribution in [2.24, 2.45) is 11.7 Å². The summed E-state index contributed by atoms with van der Waals surface area (Å²) < 4.78 is 1.92. The van der Waals surface area contributed by atoms with Gasteiger partial charge in [-0.05, 0) is 18.8 Å². The van der Waals surface area contributed by atoms with Crippen LogP contribution in [0.3, 0.4) is 0 Å². The zero-order valence-corrected chi connectivity index (χ0v) is 11.3. The van der Waals surface area contributed by atoms with Crippen molar-refractivity contribution in [2.45, 2.75) is 53.0 Å². The quantitative estimate of drug-likeness (QED) is 0.847. The number of amides is 1. The minimum Gasteiger partial charge on any atom is -0.369 e. The van der Waals surface area contributed by atoms with Crippen LogP contribution in [-0.4, -0.2) is 20.9 Å². The second kappa shape index (κ2) is 5.29. The van der Waals surface area contributed by atoms with Gasteiger partial charge in [-0.25, -0.2) is 4.68 Å². The van der Waals surface area contributed by atoms with Crippen LogP contribution in [0, 0.1) is 5.92 Å². The van der Waals surface area contributed by atoms with Crippen molar-refractivity contribution >= 4 is 5.91 Å². The van der Waals surface area contributed by atoms with Gasteiger partial charge in [0, 0.05) is 0 Å². The molecule has 0 spiro atoms. The highest BCUT2D eigenvalue weighted by molar-refractivity contribution is 5.76. The van der Waals surface area contributed by atoms with Crippen LogP contribution >= 0.6 is 0 Å². The Labute approximate surface area is 102 Å². The standard InChI is InChI=1S/C12H22N4O/c1-7(2)9(5)16-12(8(3)4)10(14-15-16)6-11(13)17/h7-9H,6H2,1-5H3,(H2,13,17). The molecule has 1 atom stereocenters. The summed E-state index contributed by atoms with van der Waals surface area (Å²) in [6.45, 7) is 10.5. The maximum absolute atomic E-state index is 11.0. The molecule has 1 heterocycles. The SMILES string of the molecule is CC(C)c1c(CC(N)=O)nnn1C(C)C(C)C. The minimum atomic E-state index is -0.365. The van der Waals surface area contributed by atoms with E-state index in [2.05, 4.69) is 44.9 Å². The highest BCUT2D eigenvalue weighted by Crippen LogP contribution is 2.24. The summed E-state index contributed by atoms with van der Waals surface area (Å²) in [5.41, 5.74) is 6.95. The Bertz CT molecular complexity index is 395. The van der Waals surface area contributed by atoms with Gasteiger partial charge in [-0.15, -0.1) is 5.10 Å². The summed E-state index contributed by atoms with van der Waals surface area (Å²) in [7, 11) is 0. The first-order valence-corrected chi connectivity index (χ1v) is 6.06. The molecule has 0 aliphatic heterocycles. The largest absolute Gasteiger partial charge is 0.369 e. The maximum Gasteiger partial charge on any atom is 0.223 e. The molecule has 5 heteroatoms. The van der Waals surface area contributed by atoms with E-state index in [1.54, 1.807) is 0 Å². The van der Waals surface area contributed by atoms with Crippen molar-refractivity contribution in [3.63, 3.8) is 0 Å². The van der Waals surface area contributed by atoms with E-state index in [1.807, 2.05) is 4.68 Å². The summed E-state index contributed by atoms with van der Waals surface area (Å²) in [4.78, 5) is 11.0. The number of hydrogen-bond acceptors (Lipinski definition) is 3. The summed E-state index contributed by atoms with van der Waals surface area (Å²) in [5, 5.41) is 8.26. The molecule has 17 heavy (non-hydrogen) atoms. The molecule has 0 aromatic carbocycles. The lowest BCUT2D eigenvalue weighted by Gasteiger charge is -2.20. The molecule has 0 saturated heterocycles. The molecule has 0 aliphatic rings. The lowest BCUT2D eigenvalue weighted by Crippen LogP contribution is -2.19. The van der Waals surface area contributed by atoms with E-state index in [-0.39, 0.29) is 24.3 Å². The highest BCUT2D eigenvalue weighted by Gasteiger charge is 2.22. The smallest absolute Gasteiger partial charge is 0.223 e. The molecular formula is C12H22N4O. The summed E-state index contributed by atoms with van der Waals surface area (Å²) in [6, 6.07) is 0.265. The van der Waals surface area contributed by atoms with Crippen molar-refractivity contribution in [1.82, 2.24) is 15.0 Å². The minimum absolute atomic E-state index is 0.165. The number of aromatic nitrogens is 3. The van der Waals surface area contributed by atoms with E-state index in [9.17, 15) is 4.79 Å². The monoisotopic (exact) mass is 238 g/mol. The zero-order chi connectivity index (χ0) is 13.2. The molecule has 2 N–H and O–H groups in total. The van der Waals surface area contributed by atoms with Gasteiger partial charge >= 0.3 is 0 Å².